The standard InChI is InChI=1S/C11H15NO2/c1-8-5-3-4-6-9(8)10(12)7-11(13)14-2/h3-6,10H,7,12H2,1-2H3/p+1/t10-/m1/s1. The first-order valence-electron chi connectivity index (χ1n) is 4.60. The lowest BCUT2D eigenvalue weighted by Crippen LogP contribution is -2.54. The van der Waals surface area contributed by atoms with Gasteiger partial charge in [0.15, 0.2) is 0 Å². The molecule has 0 amide bonds. The Hall–Kier alpha value is -1.35. The molecule has 1 atom stereocenters. The molecule has 0 saturated heterocycles. The number of benzene rings is 1. The van der Waals surface area contributed by atoms with E-state index in [1.54, 1.807) is 0 Å². The molecule has 3 nitrogen and oxygen atoms in total. The van der Waals surface area contributed by atoms with Crippen molar-refractivity contribution < 1.29 is 15.3 Å². The van der Waals surface area contributed by atoms with Crippen LogP contribution in [-0.4, -0.2) is 13.1 Å². The summed E-state index contributed by atoms with van der Waals surface area (Å²) in [5.41, 5.74) is 6.23. The minimum Gasteiger partial charge on any atom is -0.469 e. The Labute approximate surface area is 83.9 Å². The summed E-state index contributed by atoms with van der Waals surface area (Å²) in [6, 6.07) is 7.92. The molecule has 0 aromatic heterocycles. The fraction of sp³-hybridized carbons (Fsp3) is 0.364. The first-order valence-corrected chi connectivity index (χ1v) is 4.60. The average molecular weight is 194 g/mol. The maximum atomic E-state index is 11.0. The molecule has 0 fully saturated rings. The maximum Gasteiger partial charge on any atom is 0.311 e. The molecule has 14 heavy (non-hydrogen) atoms. The van der Waals surface area contributed by atoms with Gasteiger partial charge in [-0.2, -0.15) is 0 Å². The van der Waals surface area contributed by atoms with Gasteiger partial charge in [0.25, 0.3) is 0 Å². The number of carbonyl (C=O) groups excluding carboxylic acids is 1. The van der Waals surface area contributed by atoms with Crippen LogP contribution in [-0.2, 0) is 9.53 Å². The van der Waals surface area contributed by atoms with Crippen LogP contribution in [0.5, 0.6) is 0 Å². The number of aryl methyl sites for hydroxylation is 1. The number of hydrogen-bond acceptors (Lipinski definition) is 2. The Morgan fingerprint density at radius 1 is 1.50 bits per heavy atom. The van der Waals surface area contributed by atoms with Crippen molar-refractivity contribution in [1.82, 2.24) is 0 Å². The molecule has 0 aliphatic heterocycles. The van der Waals surface area contributed by atoms with Gasteiger partial charge in [-0.25, -0.2) is 0 Å². The fourth-order valence-electron chi connectivity index (χ4n) is 1.44. The van der Waals surface area contributed by atoms with Crippen LogP contribution in [0.1, 0.15) is 23.6 Å². The smallest absolute Gasteiger partial charge is 0.311 e. The van der Waals surface area contributed by atoms with Gasteiger partial charge in [0.1, 0.15) is 12.5 Å². The second-order valence-corrected chi connectivity index (χ2v) is 3.33. The van der Waals surface area contributed by atoms with Gasteiger partial charge in [-0.15, -0.1) is 0 Å². The van der Waals surface area contributed by atoms with Crippen LogP contribution in [0.3, 0.4) is 0 Å². The van der Waals surface area contributed by atoms with Crippen LogP contribution in [0.15, 0.2) is 24.3 Å². The van der Waals surface area contributed by atoms with E-state index in [4.69, 9.17) is 0 Å². The zero-order valence-corrected chi connectivity index (χ0v) is 8.62. The van der Waals surface area contributed by atoms with E-state index in [1.807, 2.05) is 31.2 Å². The first kappa shape index (κ1) is 10.7. The molecule has 76 valence electrons. The van der Waals surface area contributed by atoms with Crippen molar-refractivity contribution >= 4 is 5.97 Å². The summed E-state index contributed by atoms with van der Waals surface area (Å²) in [5.74, 6) is -0.215. The Balaban J connectivity index is 2.74. The van der Waals surface area contributed by atoms with Gasteiger partial charge in [-0.3, -0.25) is 4.79 Å². The number of esters is 1. The van der Waals surface area contributed by atoms with E-state index >= 15 is 0 Å². The Kier molecular flexibility index (Phi) is 3.65. The molecular formula is C11H16NO2+. The molecule has 3 heteroatoms. The molecule has 0 radical (unpaired) electrons. The first-order chi connectivity index (χ1) is 6.65. The van der Waals surface area contributed by atoms with Crippen molar-refractivity contribution in [3.05, 3.63) is 35.4 Å². The SMILES string of the molecule is COC(=O)C[C@@H]([NH3+])c1ccccc1C. The molecule has 0 spiro atoms. The van der Waals surface area contributed by atoms with Gasteiger partial charge in [-0.05, 0) is 12.5 Å². The van der Waals surface area contributed by atoms with Gasteiger partial charge in [-0.1, -0.05) is 24.3 Å². The highest BCUT2D eigenvalue weighted by Crippen LogP contribution is 2.16. The van der Waals surface area contributed by atoms with Crippen LogP contribution < -0.4 is 5.73 Å². The van der Waals surface area contributed by atoms with Crippen LogP contribution in [0, 0.1) is 6.92 Å². The summed E-state index contributed by atoms with van der Waals surface area (Å²) in [4.78, 5) is 11.0. The molecule has 1 rings (SSSR count). The fourth-order valence-corrected chi connectivity index (χ4v) is 1.44. The second kappa shape index (κ2) is 4.77. The highest BCUT2D eigenvalue weighted by Gasteiger charge is 2.16. The highest BCUT2D eigenvalue weighted by molar-refractivity contribution is 5.70. The Bertz CT molecular complexity index is 323. The summed E-state index contributed by atoms with van der Waals surface area (Å²) in [7, 11) is 1.40. The summed E-state index contributed by atoms with van der Waals surface area (Å²) in [5, 5.41) is 0. The number of quaternary nitrogens is 1. The predicted molar refractivity (Wildman–Crippen MR) is 53.4 cm³/mol. The van der Waals surface area contributed by atoms with Crippen molar-refractivity contribution in [2.75, 3.05) is 7.11 Å². The third-order valence-corrected chi connectivity index (χ3v) is 2.27. The molecule has 0 aliphatic carbocycles. The van der Waals surface area contributed by atoms with Gasteiger partial charge >= 0.3 is 5.97 Å². The number of carbonyl (C=O) groups is 1. The van der Waals surface area contributed by atoms with Crippen LogP contribution in [0.4, 0.5) is 0 Å². The molecule has 0 unspecified atom stereocenters. The largest absolute Gasteiger partial charge is 0.469 e. The van der Waals surface area contributed by atoms with Crippen molar-refractivity contribution in [3.8, 4) is 0 Å². The highest BCUT2D eigenvalue weighted by atomic mass is 16.5. The molecule has 0 saturated carbocycles. The lowest BCUT2D eigenvalue weighted by Gasteiger charge is -2.09. The summed E-state index contributed by atoms with van der Waals surface area (Å²) >= 11 is 0. The van der Waals surface area contributed by atoms with Crippen LogP contribution >= 0.6 is 0 Å². The Morgan fingerprint density at radius 2 is 2.14 bits per heavy atom. The van der Waals surface area contributed by atoms with E-state index in [2.05, 4.69) is 10.5 Å². The van der Waals surface area contributed by atoms with Gasteiger partial charge in [0.2, 0.25) is 0 Å². The van der Waals surface area contributed by atoms with Crippen LogP contribution in [0.2, 0.25) is 0 Å². The van der Waals surface area contributed by atoms with Crippen molar-refractivity contribution in [3.63, 3.8) is 0 Å². The van der Waals surface area contributed by atoms with E-state index in [9.17, 15) is 4.79 Å². The van der Waals surface area contributed by atoms with Crippen molar-refractivity contribution in [1.29, 1.82) is 0 Å². The average Bonchev–Trinajstić information content (AvgIpc) is 2.18. The van der Waals surface area contributed by atoms with Crippen molar-refractivity contribution in [2.45, 2.75) is 19.4 Å². The summed E-state index contributed by atoms with van der Waals surface area (Å²) < 4.78 is 4.60. The maximum absolute atomic E-state index is 11.0. The van der Waals surface area contributed by atoms with Gasteiger partial charge < -0.3 is 10.5 Å². The lowest BCUT2D eigenvalue weighted by atomic mass is 10.00. The normalized spacial score (nSPS) is 12.2. The summed E-state index contributed by atoms with van der Waals surface area (Å²) in [6.45, 7) is 2.02. The molecule has 1 aromatic carbocycles. The molecule has 3 N–H and O–H groups in total. The molecular weight excluding hydrogens is 178 g/mol. The van der Waals surface area contributed by atoms with E-state index in [0.29, 0.717) is 6.42 Å². The van der Waals surface area contributed by atoms with Crippen molar-refractivity contribution in [2.24, 2.45) is 0 Å². The third kappa shape index (κ3) is 2.57. The molecule has 1 aromatic rings. The number of rotatable bonds is 3. The van der Waals surface area contributed by atoms with E-state index < -0.39 is 0 Å². The quantitative estimate of drug-likeness (QED) is 0.725. The zero-order valence-electron chi connectivity index (χ0n) is 8.62. The number of ether oxygens (including phenoxy) is 1. The van der Waals surface area contributed by atoms with Gasteiger partial charge in [0, 0.05) is 5.56 Å². The van der Waals surface area contributed by atoms with Crippen LogP contribution in [0.25, 0.3) is 0 Å². The van der Waals surface area contributed by atoms with E-state index in [0.717, 1.165) is 11.1 Å². The third-order valence-electron chi connectivity index (χ3n) is 2.27. The molecule has 0 aliphatic rings. The predicted octanol–water partition coefficient (Wildman–Crippen LogP) is 0.841. The topological polar surface area (TPSA) is 53.9 Å². The Morgan fingerprint density at radius 3 is 2.71 bits per heavy atom. The minimum atomic E-state index is -0.215. The molecule has 0 heterocycles. The minimum absolute atomic E-state index is 0.0244. The lowest BCUT2D eigenvalue weighted by molar-refractivity contribution is -0.425. The number of methoxy groups -OCH3 is 1. The van der Waals surface area contributed by atoms with E-state index in [1.165, 1.54) is 7.11 Å². The monoisotopic (exact) mass is 194 g/mol. The summed E-state index contributed by atoms with van der Waals surface area (Å²) in [6.07, 6.45) is 0.335. The molecule has 0 bridgehead atoms. The van der Waals surface area contributed by atoms with Gasteiger partial charge in [0.05, 0.1) is 7.11 Å². The second-order valence-electron chi connectivity index (χ2n) is 3.33. The number of hydrogen-bond donors (Lipinski definition) is 1. The zero-order chi connectivity index (χ0) is 10.6. The van der Waals surface area contributed by atoms with E-state index in [-0.39, 0.29) is 12.0 Å².